The fourth-order valence-electron chi connectivity index (χ4n) is 2.01. The lowest BCUT2D eigenvalue weighted by Gasteiger charge is -2.24. The zero-order valence-corrected chi connectivity index (χ0v) is 12.9. The molecule has 2 atom stereocenters. The third-order valence-electron chi connectivity index (χ3n) is 3.56. The van der Waals surface area contributed by atoms with E-state index < -0.39 is 0 Å². The van der Waals surface area contributed by atoms with Crippen molar-refractivity contribution in [1.82, 2.24) is 5.32 Å². The van der Waals surface area contributed by atoms with Gasteiger partial charge in [-0.05, 0) is 24.6 Å². The molecule has 0 aromatic heterocycles. The van der Waals surface area contributed by atoms with Crippen molar-refractivity contribution in [3.05, 3.63) is 24.3 Å². The molecule has 1 N–H and O–H groups in total. The van der Waals surface area contributed by atoms with Crippen LogP contribution in [0.1, 0.15) is 27.2 Å². The summed E-state index contributed by atoms with van der Waals surface area (Å²) < 4.78 is 5.95. The molecule has 1 rings (SSSR count). The van der Waals surface area contributed by atoms with Crippen LogP contribution in [0.4, 0.5) is 5.69 Å². The molecule has 0 aliphatic rings. The van der Waals surface area contributed by atoms with Gasteiger partial charge >= 0.3 is 0 Å². The highest BCUT2D eigenvalue weighted by Gasteiger charge is 2.15. The minimum Gasteiger partial charge on any atom is -0.492 e. The van der Waals surface area contributed by atoms with E-state index >= 15 is 0 Å². The van der Waals surface area contributed by atoms with Crippen LogP contribution in [-0.2, 0) is 0 Å². The molecule has 0 amide bonds. The van der Waals surface area contributed by atoms with Crippen LogP contribution in [-0.4, -0.2) is 33.3 Å². The maximum atomic E-state index is 5.95. The van der Waals surface area contributed by atoms with Crippen molar-refractivity contribution >= 4 is 5.69 Å². The van der Waals surface area contributed by atoms with Gasteiger partial charge in [0.2, 0.25) is 0 Å². The Labute approximate surface area is 118 Å². The summed E-state index contributed by atoms with van der Waals surface area (Å²) in [6, 6.07) is 8.64. The zero-order chi connectivity index (χ0) is 14.3. The molecule has 19 heavy (non-hydrogen) atoms. The predicted octanol–water partition coefficient (Wildman–Crippen LogP) is 3.16. The smallest absolute Gasteiger partial charge is 0.121 e. The first kappa shape index (κ1) is 15.8. The van der Waals surface area contributed by atoms with Gasteiger partial charge in [0.15, 0.2) is 0 Å². The molecule has 108 valence electrons. The van der Waals surface area contributed by atoms with Gasteiger partial charge in [0, 0.05) is 31.9 Å². The van der Waals surface area contributed by atoms with Crippen molar-refractivity contribution in [3.8, 4) is 5.75 Å². The van der Waals surface area contributed by atoms with Gasteiger partial charge in [-0.25, -0.2) is 0 Å². The fourth-order valence-corrected chi connectivity index (χ4v) is 2.01. The topological polar surface area (TPSA) is 24.5 Å². The number of likely N-dealkylation sites (N-methyl/N-ethyl adjacent to an activating group) is 1. The normalized spacial score (nSPS) is 13.9. The largest absolute Gasteiger partial charge is 0.492 e. The lowest BCUT2D eigenvalue weighted by atomic mass is 10.00. The predicted molar refractivity (Wildman–Crippen MR) is 83.2 cm³/mol. The maximum absolute atomic E-state index is 5.95. The molecule has 1 aromatic rings. The molecule has 0 spiro atoms. The molecular weight excluding hydrogens is 236 g/mol. The van der Waals surface area contributed by atoms with E-state index in [0.29, 0.717) is 12.0 Å². The van der Waals surface area contributed by atoms with Crippen LogP contribution in [0.2, 0.25) is 0 Å². The second-order valence-electron chi connectivity index (χ2n) is 5.25. The Bertz CT molecular complexity index is 366. The van der Waals surface area contributed by atoms with E-state index in [1.165, 1.54) is 12.1 Å². The third-order valence-corrected chi connectivity index (χ3v) is 3.56. The summed E-state index contributed by atoms with van der Waals surface area (Å²) in [6.07, 6.45) is 1.17. The number of rotatable bonds is 8. The lowest BCUT2D eigenvalue weighted by molar-refractivity contribution is 0.222. The Morgan fingerprint density at radius 2 is 2.00 bits per heavy atom. The first-order valence-corrected chi connectivity index (χ1v) is 7.22. The summed E-state index contributed by atoms with van der Waals surface area (Å²) in [5, 5.41) is 3.51. The molecule has 0 aliphatic heterocycles. The van der Waals surface area contributed by atoms with E-state index in [1.807, 2.05) is 26.2 Å². The summed E-state index contributed by atoms with van der Waals surface area (Å²) in [5.74, 6) is 1.56. The minimum absolute atomic E-state index is 0.415. The van der Waals surface area contributed by atoms with E-state index in [-0.39, 0.29) is 0 Å². The van der Waals surface area contributed by atoms with Gasteiger partial charge in [-0.1, -0.05) is 33.3 Å². The Morgan fingerprint density at radius 1 is 1.26 bits per heavy atom. The number of hydrogen-bond acceptors (Lipinski definition) is 3. The Kier molecular flexibility index (Phi) is 6.71. The molecule has 0 aliphatic carbocycles. The molecule has 0 bridgehead atoms. The average Bonchev–Trinajstić information content (AvgIpc) is 2.42. The fraction of sp³-hybridized carbons (Fsp3) is 0.625. The number of benzene rings is 1. The SMILES string of the molecule is CCNC(COc1cccc(N(C)C)c1)C(C)CC. The van der Waals surface area contributed by atoms with Crippen molar-refractivity contribution in [3.63, 3.8) is 0 Å². The molecule has 1 aromatic carbocycles. The number of ether oxygens (including phenoxy) is 1. The quantitative estimate of drug-likeness (QED) is 0.780. The third kappa shape index (κ3) is 5.11. The molecule has 3 heteroatoms. The van der Waals surface area contributed by atoms with E-state index in [4.69, 9.17) is 4.74 Å². The Morgan fingerprint density at radius 3 is 2.58 bits per heavy atom. The van der Waals surface area contributed by atoms with E-state index in [1.54, 1.807) is 0 Å². The first-order chi connectivity index (χ1) is 9.08. The van der Waals surface area contributed by atoms with Crippen molar-refractivity contribution < 1.29 is 4.74 Å². The van der Waals surface area contributed by atoms with Gasteiger partial charge < -0.3 is 15.0 Å². The van der Waals surface area contributed by atoms with Crippen molar-refractivity contribution in [1.29, 1.82) is 0 Å². The maximum Gasteiger partial charge on any atom is 0.121 e. The zero-order valence-electron chi connectivity index (χ0n) is 12.9. The van der Waals surface area contributed by atoms with Gasteiger partial charge in [-0.2, -0.15) is 0 Å². The number of nitrogens with one attached hydrogen (secondary N) is 1. The summed E-state index contributed by atoms with van der Waals surface area (Å²) >= 11 is 0. The number of nitrogens with zero attached hydrogens (tertiary/aromatic N) is 1. The molecule has 0 heterocycles. The minimum atomic E-state index is 0.415. The van der Waals surface area contributed by atoms with Crippen LogP contribution < -0.4 is 15.0 Å². The van der Waals surface area contributed by atoms with Crippen LogP contribution in [0.5, 0.6) is 5.75 Å². The number of hydrogen-bond donors (Lipinski definition) is 1. The highest BCUT2D eigenvalue weighted by Crippen LogP contribution is 2.20. The molecule has 0 saturated carbocycles. The Hall–Kier alpha value is -1.22. The lowest BCUT2D eigenvalue weighted by Crippen LogP contribution is -2.39. The van der Waals surface area contributed by atoms with Crippen LogP contribution in [0.15, 0.2) is 24.3 Å². The molecule has 0 saturated heterocycles. The molecule has 2 unspecified atom stereocenters. The van der Waals surface area contributed by atoms with E-state index in [2.05, 4.69) is 43.1 Å². The van der Waals surface area contributed by atoms with Crippen molar-refractivity contribution in [2.24, 2.45) is 5.92 Å². The highest BCUT2D eigenvalue weighted by molar-refractivity contribution is 5.49. The number of anilines is 1. The Balaban J connectivity index is 2.60. The molecule has 0 fully saturated rings. The summed E-state index contributed by atoms with van der Waals surface area (Å²) in [4.78, 5) is 2.09. The van der Waals surface area contributed by atoms with Gasteiger partial charge in [0.1, 0.15) is 12.4 Å². The van der Waals surface area contributed by atoms with Gasteiger partial charge in [0.25, 0.3) is 0 Å². The highest BCUT2D eigenvalue weighted by atomic mass is 16.5. The van der Waals surface area contributed by atoms with Crippen LogP contribution in [0.3, 0.4) is 0 Å². The molecule has 0 radical (unpaired) electrons. The van der Waals surface area contributed by atoms with Crippen molar-refractivity contribution in [2.75, 3.05) is 32.1 Å². The summed E-state index contributed by atoms with van der Waals surface area (Å²) in [5.41, 5.74) is 1.17. The molecular formula is C16H28N2O. The van der Waals surface area contributed by atoms with Crippen LogP contribution in [0.25, 0.3) is 0 Å². The van der Waals surface area contributed by atoms with Crippen LogP contribution >= 0.6 is 0 Å². The first-order valence-electron chi connectivity index (χ1n) is 7.22. The van der Waals surface area contributed by atoms with E-state index in [0.717, 1.165) is 18.9 Å². The van der Waals surface area contributed by atoms with Crippen LogP contribution in [0, 0.1) is 5.92 Å². The monoisotopic (exact) mass is 264 g/mol. The van der Waals surface area contributed by atoms with Gasteiger partial charge in [-0.15, -0.1) is 0 Å². The van der Waals surface area contributed by atoms with Crippen molar-refractivity contribution in [2.45, 2.75) is 33.2 Å². The standard InChI is InChI=1S/C16H28N2O/c1-6-13(3)16(17-7-2)12-19-15-10-8-9-14(11-15)18(4)5/h8-11,13,16-17H,6-7,12H2,1-5H3. The van der Waals surface area contributed by atoms with E-state index in [9.17, 15) is 0 Å². The second kappa shape index (κ2) is 8.05. The molecule has 3 nitrogen and oxygen atoms in total. The van der Waals surface area contributed by atoms with Gasteiger partial charge in [-0.3, -0.25) is 0 Å². The average molecular weight is 264 g/mol. The summed E-state index contributed by atoms with van der Waals surface area (Å²) in [6.45, 7) is 8.34. The summed E-state index contributed by atoms with van der Waals surface area (Å²) in [7, 11) is 4.08. The van der Waals surface area contributed by atoms with Gasteiger partial charge in [0.05, 0.1) is 0 Å². The second-order valence-corrected chi connectivity index (χ2v) is 5.25.